The Kier molecular flexibility index (Phi) is 3.53. The molecule has 0 aromatic heterocycles. The first-order chi connectivity index (χ1) is 6.52. The van der Waals surface area contributed by atoms with Crippen molar-refractivity contribution in [1.82, 2.24) is 4.90 Å². The van der Waals surface area contributed by atoms with E-state index in [0.717, 1.165) is 12.8 Å². The van der Waals surface area contributed by atoms with E-state index in [2.05, 4.69) is 4.90 Å². The molecule has 0 aliphatic heterocycles. The molecule has 1 aliphatic rings. The van der Waals surface area contributed by atoms with E-state index in [1.807, 2.05) is 20.9 Å². The number of hydrogen-bond donors (Lipinski definition) is 1. The van der Waals surface area contributed by atoms with E-state index >= 15 is 0 Å². The highest BCUT2D eigenvalue weighted by Gasteiger charge is 2.39. The van der Waals surface area contributed by atoms with E-state index in [1.165, 1.54) is 12.8 Å². The molecule has 3 nitrogen and oxygen atoms in total. The normalized spacial score (nSPS) is 22.6. The number of hydrogen-bond acceptors (Lipinski definition) is 2. The molecule has 82 valence electrons. The predicted octanol–water partition coefficient (Wildman–Crippen LogP) is 2.11. The summed E-state index contributed by atoms with van der Waals surface area (Å²) in [5.41, 5.74) is -0.686. The Balaban J connectivity index is 2.72. The lowest BCUT2D eigenvalue weighted by Gasteiger charge is -2.38. The summed E-state index contributed by atoms with van der Waals surface area (Å²) in [5, 5.41) is 9.22. The fraction of sp³-hybridized carbons (Fsp3) is 0.909. The first kappa shape index (κ1) is 11.5. The Morgan fingerprint density at radius 2 is 2.00 bits per heavy atom. The molecule has 1 rings (SSSR count). The zero-order chi connectivity index (χ0) is 10.8. The third-order valence-electron chi connectivity index (χ3n) is 3.80. The summed E-state index contributed by atoms with van der Waals surface area (Å²) in [6, 6.07) is 0.469. The lowest BCUT2D eigenvalue weighted by atomic mass is 9.95. The van der Waals surface area contributed by atoms with Gasteiger partial charge in [0.05, 0.1) is 0 Å². The molecule has 0 aromatic rings. The number of nitrogens with zero attached hydrogens (tertiary/aromatic N) is 1. The van der Waals surface area contributed by atoms with Crippen molar-refractivity contribution >= 4 is 5.97 Å². The van der Waals surface area contributed by atoms with Crippen LogP contribution in [0.2, 0.25) is 0 Å². The molecule has 0 amide bonds. The molecule has 0 spiro atoms. The minimum atomic E-state index is -0.700. The summed E-state index contributed by atoms with van der Waals surface area (Å²) in [7, 11) is 1.95. The largest absolute Gasteiger partial charge is 0.480 e. The summed E-state index contributed by atoms with van der Waals surface area (Å²) in [6.45, 7) is 3.77. The molecule has 0 radical (unpaired) electrons. The van der Waals surface area contributed by atoms with Gasteiger partial charge in [0.15, 0.2) is 0 Å². The highest BCUT2D eigenvalue weighted by molar-refractivity contribution is 5.78. The van der Waals surface area contributed by atoms with E-state index in [9.17, 15) is 9.90 Å². The fourth-order valence-electron chi connectivity index (χ4n) is 2.25. The van der Waals surface area contributed by atoms with Gasteiger partial charge in [0.1, 0.15) is 5.54 Å². The van der Waals surface area contributed by atoms with Crippen LogP contribution < -0.4 is 0 Å². The number of carboxylic acid groups (broad SMARTS) is 1. The lowest BCUT2D eigenvalue weighted by molar-refractivity contribution is -0.151. The highest BCUT2D eigenvalue weighted by atomic mass is 16.4. The van der Waals surface area contributed by atoms with Crippen molar-refractivity contribution in [2.75, 3.05) is 7.05 Å². The SMILES string of the molecule is CCC(C)(C(=O)O)N(C)C1CCCC1. The summed E-state index contributed by atoms with van der Waals surface area (Å²) in [5.74, 6) is -0.700. The van der Waals surface area contributed by atoms with E-state index in [1.54, 1.807) is 0 Å². The van der Waals surface area contributed by atoms with Gasteiger partial charge in [-0.25, -0.2) is 0 Å². The van der Waals surface area contributed by atoms with Crippen molar-refractivity contribution in [2.24, 2.45) is 0 Å². The maximum Gasteiger partial charge on any atom is 0.323 e. The van der Waals surface area contributed by atoms with Crippen molar-refractivity contribution in [3.63, 3.8) is 0 Å². The third-order valence-corrected chi connectivity index (χ3v) is 3.80. The lowest BCUT2D eigenvalue weighted by Crippen LogP contribution is -2.53. The van der Waals surface area contributed by atoms with Crippen LogP contribution in [0, 0.1) is 0 Å². The number of rotatable bonds is 4. The van der Waals surface area contributed by atoms with Crippen LogP contribution in [0.4, 0.5) is 0 Å². The van der Waals surface area contributed by atoms with Crippen molar-refractivity contribution in [3.05, 3.63) is 0 Å². The van der Waals surface area contributed by atoms with Gasteiger partial charge < -0.3 is 5.11 Å². The van der Waals surface area contributed by atoms with Crippen molar-refractivity contribution < 1.29 is 9.90 Å². The Bertz CT molecular complexity index is 211. The Hall–Kier alpha value is -0.570. The number of aliphatic carboxylic acids is 1. The van der Waals surface area contributed by atoms with Gasteiger partial charge in [0, 0.05) is 6.04 Å². The number of carboxylic acids is 1. The van der Waals surface area contributed by atoms with Crippen LogP contribution in [-0.4, -0.2) is 34.6 Å². The average Bonchev–Trinajstić information content (AvgIpc) is 2.67. The van der Waals surface area contributed by atoms with Gasteiger partial charge in [-0.1, -0.05) is 19.8 Å². The minimum absolute atomic E-state index is 0.469. The smallest absolute Gasteiger partial charge is 0.323 e. The molecule has 1 unspecified atom stereocenters. The molecule has 1 aliphatic carbocycles. The van der Waals surface area contributed by atoms with Crippen molar-refractivity contribution in [1.29, 1.82) is 0 Å². The molecule has 0 aromatic carbocycles. The molecule has 1 saturated carbocycles. The van der Waals surface area contributed by atoms with Crippen LogP contribution in [0.5, 0.6) is 0 Å². The number of likely N-dealkylation sites (N-methyl/N-ethyl adjacent to an activating group) is 1. The zero-order valence-electron chi connectivity index (χ0n) is 9.42. The topological polar surface area (TPSA) is 40.5 Å². The van der Waals surface area contributed by atoms with Gasteiger partial charge in [-0.2, -0.15) is 0 Å². The molecular weight excluding hydrogens is 178 g/mol. The summed E-state index contributed by atoms with van der Waals surface area (Å²) < 4.78 is 0. The van der Waals surface area contributed by atoms with Crippen molar-refractivity contribution in [3.8, 4) is 0 Å². The first-order valence-electron chi connectivity index (χ1n) is 5.48. The monoisotopic (exact) mass is 199 g/mol. The molecule has 3 heteroatoms. The maximum atomic E-state index is 11.2. The Morgan fingerprint density at radius 3 is 2.36 bits per heavy atom. The maximum absolute atomic E-state index is 11.2. The van der Waals surface area contributed by atoms with Crippen LogP contribution in [0.25, 0.3) is 0 Å². The second-order valence-electron chi connectivity index (χ2n) is 4.48. The molecule has 14 heavy (non-hydrogen) atoms. The predicted molar refractivity (Wildman–Crippen MR) is 56.4 cm³/mol. The van der Waals surface area contributed by atoms with Gasteiger partial charge in [0.2, 0.25) is 0 Å². The molecule has 1 fully saturated rings. The van der Waals surface area contributed by atoms with Gasteiger partial charge in [0.25, 0.3) is 0 Å². The standard InChI is InChI=1S/C11H21NO2/c1-4-11(2,10(13)14)12(3)9-7-5-6-8-9/h9H,4-8H2,1-3H3,(H,13,14). The summed E-state index contributed by atoms with van der Waals surface area (Å²) in [6.07, 6.45) is 5.46. The highest BCUT2D eigenvalue weighted by Crippen LogP contribution is 2.29. The molecule has 1 atom stereocenters. The van der Waals surface area contributed by atoms with Crippen molar-refractivity contribution in [2.45, 2.75) is 57.5 Å². The first-order valence-corrected chi connectivity index (χ1v) is 5.48. The molecule has 1 N–H and O–H groups in total. The van der Waals surface area contributed by atoms with E-state index < -0.39 is 11.5 Å². The van der Waals surface area contributed by atoms with Crippen LogP contribution in [0.3, 0.4) is 0 Å². The molecule has 0 saturated heterocycles. The second-order valence-corrected chi connectivity index (χ2v) is 4.48. The van der Waals surface area contributed by atoms with Crippen LogP contribution in [0.1, 0.15) is 46.0 Å². The van der Waals surface area contributed by atoms with Gasteiger partial charge in [-0.3, -0.25) is 9.69 Å². The van der Waals surface area contributed by atoms with Crippen LogP contribution in [0.15, 0.2) is 0 Å². The second kappa shape index (κ2) is 4.30. The third kappa shape index (κ3) is 1.92. The van der Waals surface area contributed by atoms with E-state index in [0.29, 0.717) is 12.5 Å². The fourth-order valence-corrected chi connectivity index (χ4v) is 2.25. The van der Waals surface area contributed by atoms with Crippen LogP contribution in [-0.2, 0) is 4.79 Å². The minimum Gasteiger partial charge on any atom is -0.480 e. The van der Waals surface area contributed by atoms with Crippen LogP contribution >= 0.6 is 0 Å². The Morgan fingerprint density at radius 1 is 1.50 bits per heavy atom. The zero-order valence-corrected chi connectivity index (χ0v) is 9.42. The Labute approximate surface area is 86.1 Å². The average molecular weight is 199 g/mol. The van der Waals surface area contributed by atoms with E-state index in [4.69, 9.17) is 0 Å². The summed E-state index contributed by atoms with van der Waals surface area (Å²) >= 11 is 0. The van der Waals surface area contributed by atoms with E-state index in [-0.39, 0.29) is 0 Å². The molecular formula is C11H21NO2. The summed E-state index contributed by atoms with van der Waals surface area (Å²) in [4.78, 5) is 13.3. The van der Waals surface area contributed by atoms with Gasteiger partial charge in [-0.15, -0.1) is 0 Å². The molecule has 0 heterocycles. The molecule has 0 bridgehead atoms. The quantitative estimate of drug-likeness (QED) is 0.754. The van der Waals surface area contributed by atoms with Gasteiger partial charge in [-0.05, 0) is 33.2 Å². The number of carbonyl (C=O) groups is 1. The van der Waals surface area contributed by atoms with Gasteiger partial charge >= 0.3 is 5.97 Å².